The van der Waals surface area contributed by atoms with Crippen molar-refractivity contribution in [3.05, 3.63) is 36.1 Å². The second kappa shape index (κ2) is 5.17. The Balaban J connectivity index is 2.28. The molecule has 0 saturated heterocycles. The molecule has 1 aromatic carbocycles. The van der Waals surface area contributed by atoms with Gasteiger partial charge >= 0.3 is 0 Å². The van der Waals surface area contributed by atoms with Crippen LogP contribution in [0.15, 0.2) is 34.9 Å². The molecule has 1 aromatic heterocycles. The summed E-state index contributed by atoms with van der Waals surface area (Å²) in [7, 11) is 2.01. The third-order valence-corrected chi connectivity index (χ3v) is 3.04. The summed E-state index contributed by atoms with van der Waals surface area (Å²) in [6.07, 6.45) is 4.20. The molecular weight excluding hydrogens is 198 g/mol. The SMILES string of the molecule is CCCC(CNC)c1ccc2occc2c1. The van der Waals surface area contributed by atoms with Gasteiger partial charge in [0, 0.05) is 11.9 Å². The molecule has 0 aliphatic carbocycles. The summed E-state index contributed by atoms with van der Waals surface area (Å²) in [5, 5.41) is 4.47. The number of furan rings is 1. The predicted molar refractivity (Wildman–Crippen MR) is 67.8 cm³/mol. The van der Waals surface area contributed by atoms with Crippen LogP contribution in [0.4, 0.5) is 0 Å². The Morgan fingerprint density at radius 1 is 1.31 bits per heavy atom. The van der Waals surface area contributed by atoms with Crippen molar-refractivity contribution >= 4 is 11.0 Å². The molecule has 1 atom stereocenters. The lowest BCUT2D eigenvalue weighted by Crippen LogP contribution is -2.17. The summed E-state index contributed by atoms with van der Waals surface area (Å²) in [6.45, 7) is 3.27. The van der Waals surface area contributed by atoms with Crippen LogP contribution in [-0.4, -0.2) is 13.6 Å². The number of fused-ring (bicyclic) bond motifs is 1. The van der Waals surface area contributed by atoms with Gasteiger partial charge in [-0.05, 0) is 43.1 Å². The van der Waals surface area contributed by atoms with Gasteiger partial charge in [-0.2, -0.15) is 0 Å². The average molecular weight is 217 g/mol. The Morgan fingerprint density at radius 3 is 2.94 bits per heavy atom. The van der Waals surface area contributed by atoms with Crippen LogP contribution in [0.3, 0.4) is 0 Å². The van der Waals surface area contributed by atoms with E-state index in [0.29, 0.717) is 5.92 Å². The Labute approximate surface area is 96.6 Å². The fraction of sp³-hybridized carbons (Fsp3) is 0.429. The normalized spacial score (nSPS) is 13.1. The molecule has 2 nitrogen and oxygen atoms in total. The van der Waals surface area contributed by atoms with Gasteiger partial charge in [0.15, 0.2) is 0 Å². The van der Waals surface area contributed by atoms with E-state index in [1.165, 1.54) is 23.8 Å². The summed E-state index contributed by atoms with van der Waals surface area (Å²) >= 11 is 0. The molecule has 0 aliphatic rings. The van der Waals surface area contributed by atoms with Crippen molar-refractivity contribution < 1.29 is 4.42 Å². The van der Waals surface area contributed by atoms with Crippen molar-refractivity contribution in [3.8, 4) is 0 Å². The summed E-state index contributed by atoms with van der Waals surface area (Å²) in [6, 6.07) is 8.53. The maximum absolute atomic E-state index is 5.36. The lowest BCUT2D eigenvalue weighted by molar-refractivity contribution is 0.576. The Morgan fingerprint density at radius 2 is 2.19 bits per heavy atom. The van der Waals surface area contributed by atoms with Crippen LogP contribution < -0.4 is 5.32 Å². The van der Waals surface area contributed by atoms with Gasteiger partial charge in [0.25, 0.3) is 0 Å². The molecule has 0 amide bonds. The zero-order valence-electron chi connectivity index (χ0n) is 9.99. The second-order valence-corrected chi connectivity index (χ2v) is 4.26. The molecule has 1 N–H and O–H groups in total. The molecule has 2 rings (SSSR count). The van der Waals surface area contributed by atoms with Crippen LogP contribution in [0.5, 0.6) is 0 Å². The number of likely N-dealkylation sites (N-methyl/N-ethyl adjacent to an activating group) is 1. The summed E-state index contributed by atoms with van der Waals surface area (Å²) in [4.78, 5) is 0. The van der Waals surface area contributed by atoms with E-state index in [9.17, 15) is 0 Å². The highest BCUT2D eigenvalue weighted by molar-refractivity contribution is 5.77. The summed E-state index contributed by atoms with van der Waals surface area (Å²) in [5.74, 6) is 0.606. The fourth-order valence-corrected chi connectivity index (χ4v) is 2.22. The van der Waals surface area contributed by atoms with Gasteiger partial charge < -0.3 is 9.73 Å². The minimum absolute atomic E-state index is 0.606. The van der Waals surface area contributed by atoms with Gasteiger partial charge in [-0.1, -0.05) is 19.4 Å². The lowest BCUT2D eigenvalue weighted by Gasteiger charge is -2.16. The minimum atomic E-state index is 0.606. The highest BCUT2D eigenvalue weighted by Gasteiger charge is 2.10. The molecule has 0 radical (unpaired) electrons. The predicted octanol–water partition coefficient (Wildman–Crippen LogP) is 3.54. The first-order valence-corrected chi connectivity index (χ1v) is 5.97. The van der Waals surface area contributed by atoms with Crippen LogP contribution in [0.1, 0.15) is 31.2 Å². The third kappa shape index (κ3) is 2.27. The van der Waals surface area contributed by atoms with E-state index in [-0.39, 0.29) is 0 Å². The smallest absolute Gasteiger partial charge is 0.133 e. The molecule has 2 aromatic rings. The monoisotopic (exact) mass is 217 g/mol. The molecule has 2 heteroatoms. The van der Waals surface area contributed by atoms with E-state index in [2.05, 4.69) is 30.4 Å². The van der Waals surface area contributed by atoms with Gasteiger partial charge in [0.1, 0.15) is 5.58 Å². The van der Waals surface area contributed by atoms with Gasteiger partial charge in [-0.15, -0.1) is 0 Å². The molecule has 1 unspecified atom stereocenters. The minimum Gasteiger partial charge on any atom is -0.464 e. The molecule has 1 heterocycles. The van der Waals surface area contributed by atoms with Crippen LogP contribution in [0, 0.1) is 0 Å². The van der Waals surface area contributed by atoms with E-state index < -0.39 is 0 Å². The molecule has 16 heavy (non-hydrogen) atoms. The maximum Gasteiger partial charge on any atom is 0.133 e. The first-order valence-electron chi connectivity index (χ1n) is 5.97. The van der Waals surface area contributed by atoms with Crippen LogP contribution >= 0.6 is 0 Å². The number of nitrogens with one attached hydrogen (secondary N) is 1. The first kappa shape index (κ1) is 11.2. The molecule has 0 spiro atoms. The fourth-order valence-electron chi connectivity index (χ4n) is 2.22. The van der Waals surface area contributed by atoms with Gasteiger partial charge in [-0.3, -0.25) is 0 Å². The summed E-state index contributed by atoms with van der Waals surface area (Å²) < 4.78 is 5.36. The largest absolute Gasteiger partial charge is 0.464 e. The first-order chi connectivity index (χ1) is 7.85. The molecular formula is C14H19NO. The summed E-state index contributed by atoms with van der Waals surface area (Å²) in [5.41, 5.74) is 2.38. The zero-order valence-corrected chi connectivity index (χ0v) is 9.99. The Kier molecular flexibility index (Phi) is 3.62. The topological polar surface area (TPSA) is 25.2 Å². The van der Waals surface area contributed by atoms with E-state index >= 15 is 0 Å². The van der Waals surface area contributed by atoms with Crippen LogP contribution in [-0.2, 0) is 0 Å². The standard InChI is InChI=1S/C14H19NO/c1-3-4-13(10-15-2)11-5-6-14-12(9-11)7-8-16-14/h5-9,13,15H,3-4,10H2,1-2H3. The lowest BCUT2D eigenvalue weighted by atomic mass is 9.93. The number of benzene rings is 1. The van der Waals surface area contributed by atoms with E-state index in [1.807, 2.05) is 13.1 Å². The van der Waals surface area contributed by atoms with E-state index in [1.54, 1.807) is 6.26 Å². The zero-order chi connectivity index (χ0) is 11.4. The van der Waals surface area contributed by atoms with Crippen molar-refractivity contribution in [2.24, 2.45) is 0 Å². The number of hydrogen-bond donors (Lipinski definition) is 1. The van der Waals surface area contributed by atoms with Crippen LogP contribution in [0.2, 0.25) is 0 Å². The molecule has 86 valence electrons. The van der Waals surface area contributed by atoms with Crippen molar-refractivity contribution in [2.45, 2.75) is 25.7 Å². The van der Waals surface area contributed by atoms with Gasteiger partial charge in [0.05, 0.1) is 6.26 Å². The molecule has 0 aliphatic heterocycles. The average Bonchev–Trinajstić information content (AvgIpc) is 2.75. The van der Waals surface area contributed by atoms with Crippen molar-refractivity contribution in [1.82, 2.24) is 5.32 Å². The highest BCUT2D eigenvalue weighted by Crippen LogP contribution is 2.25. The Bertz CT molecular complexity index is 441. The van der Waals surface area contributed by atoms with Crippen molar-refractivity contribution in [3.63, 3.8) is 0 Å². The van der Waals surface area contributed by atoms with Gasteiger partial charge in [0.2, 0.25) is 0 Å². The Hall–Kier alpha value is -1.28. The van der Waals surface area contributed by atoms with Gasteiger partial charge in [-0.25, -0.2) is 0 Å². The van der Waals surface area contributed by atoms with Crippen LogP contribution in [0.25, 0.3) is 11.0 Å². The molecule has 0 bridgehead atoms. The number of hydrogen-bond acceptors (Lipinski definition) is 2. The third-order valence-electron chi connectivity index (χ3n) is 3.04. The van der Waals surface area contributed by atoms with E-state index in [4.69, 9.17) is 4.42 Å². The second-order valence-electron chi connectivity index (χ2n) is 4.26. The quantitative estimate of drug-likeness (QED) is 0.828. The van der Waals surface area contributed by atoms with Crippen molar-refractivity contribution in [1.29, 1.82) is 0 Å². The molecule has 0 fully saturated rings. The molecule has 0 saturated carbocycles. The van der Waals surface area contributed by atoms with Crippen molar-refractivity contribution in [2.75, 3.05) is 13.6 Å². The highest BCUT2D eigenvalue weighted by atomic mass is 16.3. The maximum atomic E-state index is 5.36. The van der Waals surface area contributed by atoms with E-state index in [0.717, 1.165) is 12.1 Å². The number of rotatable bonds is 5.